The Balaban J connectivity index is 1.51. The number of benzene rings is 3. The molecule has 0 saturated carbocycles. The summed E-state index contributed by atoms with van der Waals surface area (Å²) in [6.45, 7) is 0.161. The van der Waals surface area contributed by atoms with Gasteiger partial charge in [0.25, 0.3) is 5.91 Å². The van der Waals surface area contributed by atoms with Crippen molar-refractivity contribution in [3.63, 3.8) is 0 Å². The van der Waals surface area contributed by atoms with E-state index in [9.17, 15) is 9.59 Å². The van der Waals surface area contributed by atoms with E-state index in [4.69, 9.17) is 16.3 Å². The molecule has 4 nitrogen and oxygen atoms in total. The van der Waals surface area contributed by atoms with Crippen LogP contribution < -0.4 is 5.32 Å². The van der Waals surface area contributed by atoms with Gasteiger partial charge in [0, 0.05) is 17.5 Å². The Morgan fingerprint density at radius 1 is 0.828 bits per heavy atom. The molecule has 3 rings (SSSR count). The van der Waals surface area contributed by atoms with Crippen molar-refractivity contribution in [2.24, 2.45) is 0 Å². The van der Waals surface area contributed by atoms with Crippen LogP contribution in [0.5, 0.6) is 0 Å². The van der Waals surface area contributed by atoms with E-state index >= 15 is 0 Å². The summed E-state index contributed by atoms with van der Waals surface area (Å²) in [6, 6.07) is 26.7. The monoisotopic (exact) mass is 407 g/mol. The average molecular weight is 408 g/mol. The summed E-state index contributed by atoms with van der Waals surface area (Å²) in [7, 11) is 0. The molecular formula is C24H22ClNO3. The fraction of sp³-hybridized carbons (Fsp3) is 0.167. The second-order valence-electron chi connectivity index (χ2n) is 6.60. The average Bonchev–Trinajstić information content (AvgIpc) is 2.77. The standard InChI is InChI=1S/C24H22ClNO3/c25-21-13-11-20(12-14-21)24(28)29-17-23(27)26-16-15-22(18-7-3-1-4-8-18)19-9-5-2-6-10-19/h1-14,22H,15-17H2,(H,26,27). The largest absolute Gasteiger partial charge is 0.452 e. The molecule has 3 aromatic rings. The lowest BCUT2D eigenvalue weighted by Gasteiger charge is -2.18. The van der Waals surface area contributed by atoms with Crippen LogP contribution in [0.15, 0.2) is 84.9 Å². The predicted octanol–water partition coefficient (Wildman–Crippen LogP) is 4.84. The van der Waals surface area contributed by atoms with Gasteiger partial charge in [0.15, 0.2) is 6.61 Å². The van der Waals surface area contributed by atoms with E-state index in [0.717, 1.165) is 6.42 Å². The van der Waals surface area contributed by atoms with E-state index in [1.807, 2.05) is 36.4 Å². The van der Waals surface area contributed by atoms with Crippen molar-refractivity contribution in [1.29, 1.82) is 0 Å². The van der Waals surface area contributed by atoms with Crippen molar-refractivity contribution in [2.75, 3.05) is 13.2 Å². The van der Waals surface area contributed by atoms with Crippen molar-refractivity contribution in [3.05, 3.63) is 107 Å². The quantitative estimate of drug-likeness (QED) is 0.544. The van der Waals surface area contributed by atoms with Crippen molar-refractivity contribution in [2.45, 2.75) is 12.3 Å². The Hall–Kier alpha value is -3.11. The van der Waals surface area contributed by atoms with Crippen LogP contribution in [-0.4, -0.2) is 25.0 Å². The van der Waals surface area contributed by atoms with Crippen LogP contribution in [0.4, 0.5) is 0 Å². The summed E-state index contributed by atoms with van der Waals surface area (Å²) >= 11 is 5.80. The number of carbonyl (C=O) groups excluding carboxylic acids is 2. The van der Waals surface area contributed by atoms with Gasteiger partial charge in [-0.05, 0) is 41.8 Å². The van der Waals surface area contributed by atoms with Gasteiger partial charge in [0.05, 0.1) is 5.56 Å². The molecule has 0 saturated heterocycles. The number of halogens is 1. The summed E-state index contributed by atoms with van der Waals surface area (Å²) in [4.78, 5) is 24.0. The zero-order valence-electron chi connectivity index (χ0n) is 15.9. The summed E-state index contributed by atoms with van der Waals surface area (Å²) in [5.74, 6) is -0.704. The Morgan fingerprint density at radius 2 is 1.38 bits per heavy atom. The van der Waals surface area contributed by atoms with Gasteiger partial charge in [0.2, 0.25) is 0 Å². The van der Waals surface area contributed by atoms with Crippen molar-refractivity contribution < 1.29 is 14.3 Å². The van der Waals surface area contributed by atoms with Crippen LogP contribution in [0, 0.1) is 0 Å². The van der Waals surface area contributed by atoms with E-state index in [1.54, 1.807) is 24.3 Å². The number of amides is 1. The minimum atomic E-state index is -0.553. The molecule has 0 aliphatic heterocycles. The molecule has 5 heteroatoms. The minimum absolute atomic E-state index is 0.175. The number of nitrogens with one attached hydrogen (secondary N) is 1. The highest BCUT2D eigenvalue weighted by Crippen LogP contribution is 2.27. The first-order valence-corrected chi connectivity index (χ1v) is 9.80. The molecule has 0 radical (unpaired) electrons. The minimum Gasteiger partial charge on any atom is -0.452 e. The van der Waals surface area contributed by atoms with Crippen molar-refractivity contribution in [1.82, 2.24) is 5.32 Å². The van der Waals surface area contributed by atoms with Gasteiger partial charge >= 0.3 is 5.97 Å². The first-order chi connectivity index (χ1) is 14.1. The van der Waals surface area contributed by atoms with Crippen LogP contribution in [0.25, 0.3) is 0 Å². The van der Waals surface area contributed by atoms with Gasteiger partial charge in [0.1, 0.15) is 0 Å². The number of carbonyl (C=O) groups is 2. The molecule has 0 bridgehead atoms. The second-order valence-corrected chi connectivity index (χ2v) is 7.03. The number of rotatable bonds is 8. The van der Waals surface area contributed by atoms with Crippen molar-refractivity contribution >= 4 is 23.5 Å². The molecule has 1 amide bonds. The molecule has 3 aromatic carbocycles. The maximum absolute atomic E-state index is 12.1. The second kappa shape index (κ2) is 10.4. The molecule has 0 unspecified atom stereocenters. The first kappa shape index (κ1) is 20.6. The van der Waals surface area contributed by atoms with E-state index in [2.05, 4.69) is 29.6 Å². The molecule has 148 valence electrons. The predicted molar refractivity (Wildman–Crippen MR) is 114 cm³/mol. The van der Waals surface area contributed by atoms with Gasteiger partial charge in [-0.2, -0.15) is 0 Å². The van der Waals surface area contributed by atoms with Gasteiger partial charge < -0.3 is 10.1 Å². The number of hydrogen-bond acceptors (Lipinski definition) is 3. The van der Waals surface area contributed by atoms with Crippen LogP contribution >= 0.6 is 11.6 Å². The number of hydrogen-bond donors (Lipinski definition) is 1. The maximum atomic E-state index is 12.1. The molecule has 0 aromatic heterocycles. The summed E-state index contributed by atoms with van der Waals surface area (Å²) in [5, 5.41) is 3.36. The van der Waals surface area contributed by atoms with E-state index < -0.39 is 5.97 Å². The highest BCUT2D eigenvalue weighted by atomic mass is 35.5. The maximum Gasteiger partial charge on any atom is 0.338 e. The molecule has 0 aliphatic carbocycles. The van der Waals surface area contributed by atoms with Gasteiger partial charge in [-0.25, -0.2) is 4.79 Å². The summed E-state index contributed by atoms with van der Waals surface area (Å²) in [6.07, 6.45) is 0.741. The van der Waals surface area contributed by atoms with E-state index in [-0.39, 0.29) is 18.4 Å². The van der Waals surface area contributed by atoms with Gasteiger partial charge in [-0.3, -0.25) is 4.79 Å². The molecular weight excluding hydrogens is 386 g/mol. The van der Waals surface area contributed by atoms with Crippen LogP contribution in [-0.2, 0) is 9.53 Å². The lowest BCUT2D eigenvalue weighted by atomic mass is 9.88. The number of esters is 1. The molecule has 0 fully saturated rings. The van der Waals surface area contributed by atoms with E-state index in [0.29, 0.717) is 17.1 Å². The fourth-order valence-corrected chi connectivity index (χ4v) is 3.23. The topological polar surface area (TPSA) is 55.4 Å². The first-order valence-electron chi connectivity index (χ1n) is 9.43. The highest BCUT2D eigenvalue weighted by molar-refractivity contribution is 6.30. The van der Waals surface area contributed by atoms with Crippen LogP contribution in [0.2, 0.25) is 5.02 Å². The lowest BCUT2D eigenvalue weighted by molar-refractivity contribution is -0.124. The highest BCUT2D eigenvalue weighted by Gasteiger charge is 2.15. The molecule has 1 N–H and O–H groups in total. The molecule has 29 heavy (non-hydrogen) atoms. The van der Waals surface area contributed by atoms with Gasteiger partial charge in [-0.1, -0.05) is 72.3 Å². The Bertz CT molecular complexity index is 888. The molecule has 0 aliphatic rings. The zero-order valence-corrected chi connectivity index (χ0v) is 16.6. The third-order valence-corrected chi connectivity index (χ3v) is 4.83. The molecule has 0 heterocycles. The van der Waals surface area contributed by atoms with Crippen LogP contribution in [0.1, 0.15) is 33.8 Å². The lowest BCUT2D eigenvalue weighted by Crippen LogP contribution is -2.30. The summed E-state index contributed by atoms with van der Waals surface area (Å²) in [5.41, 5.74) is 2.75. The number of ether oxygens (including phenoxy) is 1. The van der Waals surface area contributed by atoms with Gasteiger partial charge in [-0.15, -0.1) is 0 Å². The smallest absolute Gasteiger partial charge is 0.338 e. The van der Waals surface area contributed by atoms with Crippen molar-refractivity contribution in [3.8, 4) is 0 Å². The zero-order chi connectivity index (χ0) is 20.5. The Morgan fingerprint density at radius 3 is 1.93 bits per heavy atom. The molecule has 0 spiro atoms. The fourth-order valence-electron chi connectivity index (χ4n) is 3.10. The van der Waals surface area contributed by atoms with Crippen LogP contribution in [0.3, 0.4) is 0 Å². The van der Waals surface area contributed by atoms with E-state index in [1.165, 1.54) is 11.1 Å². The third kappa shape index (κ3) is 6.19. The Labute approximate surface area is 175 Å². The summed E-state index contributed by atoms with van der Waals surface area (Å²) < 4.78 is 5.06. The normalized spacial score (nSPS) is 10.6. The molecule has 0 atom stereocenters. The third-order valence-electron chi connectivity index (χ3n) is 4.57. The SMILES string of the molecule is O=C(COC(=O)c1ccc(Cl)cc1)NCCC(c1ccccc1)c1ccccc1. The Kier molecular flexibility index (Phi) is 7.42.